The molecule has 0 atom stereocenters. The maximum Gasteiger partial charge on any atom is 0.262 e. The van der Waals surface area contributed by atoms with Gasteiger partial charge in [-0.3, -0.25) is 4.79 Å². The van der Waals surface area contributed by atoms with E-state index in [2.05, 4.69) is 15.3 Å². The fourth-order valence-corrected chi connectivity index (χ4v) is 2.95. The first kappa shape index (κ1) is 15.5. The van der Waals surface area contributed by atoms with Crippen LogP contribution in [0.3, 0.4) is 0 Å². The minimum atomic E-state index is -0.462. The fraction of sp³-hybridized carbons (Fsp3) is 0.0625. The van der Waals surface area contributed by atoms with E-state index in [1.165, 1.54) is 11.3 Å². The first-order valence-electron chi connectivity index (χ1n) is 6.70. The van der Waals surface area contributed by atoms with Crippen LogP contribution >= 0.6 is 22.9 Å². The molecular weight excluding hydrogens is 334 g/mol. The number of carbonyl (C=O) groups excluding carboxylic acids is 1. The lowest BCUT2D eigenvalue weighted by Crippen LogP contribution is -1.97. The van der Waals surface area contributed by atoms with Gasteiger partial charge in [0.25, 0.3) is 5.24 Å². The van der Waals surface area contributed by atoms with Crippen LogP contribution in [-0.2, 0) is 0 Å². The van der Waals surface area contributed by atoms with Crippen LogP contribution < -0.4 is 10.1 Å². The molecule has 0 aromatic carbocycles. The molecule has 3 rings (SSSR count). The summed E-state index contributed by atoms with van der Waals surface area (Å²) in [5, 5.41) is 2.67. The van der Waals surface area contributed by atoms with Gasteiger partial charge in [-0.2, -0.15) is 0 Å². The first-order valence-corrected chi connectivity index (χ1v) is 7.89. The Morgan fingerprint density at radius 3 is 2.83 bits per heavy atom. The second-order valence-corrected chi connectivity index (χ2v) is 5.98. The highest BCUT2D eigenvalue weighted by Gasteiger charge is 2.09. The first-order chi connectivity index (χ1) is 11.2. The smallest absolute Gasteiger partial charge is 0.262 e. The van der Waals surface area contributed by atoms with Gasteiger partial charge >= 0.3 is 0 Å². The summed E-state index contributed by atoms with van der Waals surface area (Å²) in [5.74, 6) is 1.99. The van der Waals surface area contributed by atoms with E-state index < -0.39 is 5.24 Å². The van der Waals surface area contributed by atoms with Crippen LogP contribution in [0, 0.1) is 0 Å². The van der Waals surface area contributed by atoms with Crippen LogP contribution in [-0.4, -0.2) is 22.3 Å². The Kier molecular flexibility index (Phi) is 4.55. The summed E-state index contributed by atoms with van der Waals surface area (Å²) in [6.07, 6.45) is 1.66. The summed E-state index contributed by atoms with van der Waals surface area (Å²) in [5.41, 5.74) is 0.757. The van der Waals surface area contributed by atoms with Crippen molar-refractivity contribution in [3.8, 4) is 16.3 Å². The van der Waals surface area contributed by atoms with Gasteiger partial charge in [-0.05, 0) is 41.9 Å². The second-order valence-electron chi connectivity index (χ2n) is 4.55. The lowest BCUT2D eigenvalue weighted by Gasteiger charge is -2.07. The number of aromatic nitrogens is 2. The molecule has 3 heterocycles. The quantitative estimate of drug-likeness (QED) is 0.697. The molecule has 1 N–H and O–H groups in total. The molecule has 0 fully saturated rings. The largest absolute Gasteiger partial charge is 0.497 e. The predicted molar refractivity (Wildman–Crippen MR) is 91.8 cm³/mol. The number of hydrogen-bond donors (Lipinski definition) is 1. The van der Waals surface area contributed by atoms with Gasteiger partial charge in [0.05, 0.1) is 22.6 Å². The molecule has 0 aliphatic carbocycles. The van der Waals surface area contributed by atoms with Crippen molar-refractivity contribution < 1.29 is 9.53 Å². The van der Waals surface area contributed by atoms with Crippen LogP contribution in [0.5, 0.6) is 5.75 Å². The van der Waals surface area contributed by atoms with Crippen LogP contribution in [0.1, 0.15) is 9.67 Å². The number of hydrogen-bond acceptors (Lipinski definition) is 6. The summed E-state index contributed by atoms with van der Waals surface area (Å²) < 4.78 is 5.17. The Bertz CT molecular complexity index is 851. The van der Waals surface area contributed by atoms with Gasteiger partial charge < -0.3 is 10.1 Å². The van der Waals surface area contributed by atoms with Crippen molar-refractivity contribution in [1.82, 2.24) is 9.97 Å². The zero-order valence-corrected chi connectivity index (χ0v) is 13.7. The fourth-order valence-electron chi connectivity index (χ4n) is 1.96. The Morgan fingerprint density at radius 1 is 1.22 bits per heavy atom. The number of pyridine rings is 2. The number of methoxy groups -OCH3 is 1. The average Bonchev–Trinajstić information content (AvgIpc) is 3.06. The summed E-state index contributed by atoms with van der Waals surface area (Å²) in [4.78, 5) is 21.3. The molecule has 0 spiro atoms. The molecule has 3 aromatic rings. The van der Waals surface area contributed by atoms with Gasteiger partial charge in [-0.15, -0.1) is 11.3 Å². The molecule has 0 bridgehead atoms. The standard InChI is InChI=1S/C16H12ClN3O2S/c1-22-10-7-8-18-15(9-10)20-14-4-2-3-11(19-14)12-5-6-13(23-12)16(17)21/h2-9H,1H3,(H,18,19,20). The molecule has 116 valence electrons. The maximum absolute atomic E-state index is 11.2. The molecule has 0 amide bonds. The van der Waals surface area contributed by atoms with Gasteiger partial charge in [-0.25, -0.2) is 9.97 Å². The highest BCUT2D eigenvalue weighted by Crippen LogP contribution is 2.29. The van der Waals surface area contributed by atoms with Crippen molar-refractivity contribution in [3.05, 3.63) is 53.5 Å². The molecule has 0 unspecified atom stereocenters. The molecular formula is C16H12ClN3O2S. The van der Waals surface area contributed by atoms with E-state index in [1.807, 2.05) is 24.3 Å². The molecule has 3 aromatic heterocycles. The molecule has 0 saturated heterocycles. The molecule has 7 heteroatoms. The van der Waals surface area contributed by atoms with Crippen LogP contribution in [0.25, 0.3) is 10.6 Å². The average molecular weight is 346 g/mol. The third-order valence-electron chi connectivity index (χ3n) is 3.02. The topological polar surface area (TPSA) is 64.1 Å². The third kappa shape index (κ3) is 3.67. The SMILES string of the molecule is COc1ccnc(Nc2cccc(-c3ccc(C(=O)Cl)s3)n2)c1. The van der Waals surface area contributed by atoms with Crippen molar-refractivity contribution in [2.75, 3.05) is 12.4 Å². The number of nitrogens with zero attached hydrogens (tertiary/aromatic N) is 2. The zero-order valence-electron chi connectivity index (χ0n) is 12.1. The molecule has 0 aliphatic rings. The number of ether oxygens (including phenoxy) is 1. The zero-order chi connectivity index (χ0) is 16.2. The summed E-state index contributed by atoms with van der Waals surface area (Å²) in [6, 6.07) is 12.7. The van der Waals surface area contributed by atoms with E-state index in [9.17, 15) is 4.79 Å². The predicted octanol–water partition coefficient (Wildman–Crippen LogP) is 4.34. The lowest BCUT2D eigenvalue weighted by atomic mass is 10.3. The number of thiophene rings is 1. The highest BCUT2D eigenvalue weighted by molar-refractivity contribution is 7.18. The molecule has 23 heavy (non-hydrogen) atoms. The second kappa shape index (κ2) is 6.76. The summed E-state index contributed by atoms with van der Waals surface area (Å²) in [7, 11) is 1.60. The Labute approximate surface area is 141 Å². The van der Waals surface area contributed by atoms with E-state index >= 15 is 0 Å². The summed E-state index contributed by atoms with van der Waals surface area (Å²) in [6.45, 7) is 0. The molecule has 0 radical (unpaired) electrons. The van der Waals surface area contributed by atoms with Crippen LogP contribution in [0.2, 0.25) is 0 Å². The van der Waals surface area contributed by atoms with E-state index in [1.54, 1.807) is 31.5 Å². The minimum absolute atomic E-state index is 0.462. The number of anilines is 2. The van der Waals surface area contributed by atoms with Gasteiger partial charge in [0.1, 0.15) is 17.4 Å². The number of rotatable bonds is 5. The van der Waals surface area contributed by atoms with Gasteiger partial charge in [0, 0.05) is 12.3 Å². The Morgan fingerprint density at radius 2 is 2.09 bits per heavy atom. The number of carbonyl (C=O) groups is 1. The van der Waals surface area contributed by atoms with Crippen molar-refractivity contribution in [2.24, 2.45) is 0 Å². The monoisotopic (exact) mass is 345 g/mol. The van der Waals surface area contributed by atoms with E-state index in [4.69, 9.17) is 16.3 Å². The third-order valence-corrected chi connectivity index (χ3v) is 4.45. The summed E-state index contributed by atoms with van der Waals surface area (Å²) >= 11 is 6.80. The minimum Gasteiger partial charge on any atom is -0.497 e. The van der Waals surface area contributed by atoms with Crippen molar-refractivity contribution in [3.63, 3.8) is 0 Å². The highest BCUT2D eigenvalue weighted by atomic mass is 35.5. The van der Waals surface area contributed by atoms with E-state index in [0.29, 0.717) is 22.3 Å². The normalized spacial score (nSPS) is 10.3. The van der Waals surface area contributed by atoms with Crippen LogP contribution in [0.4, 0.5) is 11.6 Å². The number of halogens is 1. The molecule has 0 aliphatic heterocycles. The molecule has 5 nitrogen and oxygen atoms in total. The maximum atomic E-state index is 11.2. The van der Waals surface area contributed by atoms with E-state index in [-0.39, 0.29) is 0 Å². The van der Waals surface area contributed by atoms with Gasteiger partial charge in [-0.1, -0.05) is 6.07 Å². The Balaban J connectivity index is 1.85. The molecule has 0 saturated carbocycles. The van der Waals surface area contributed by atoms with Crippen molar-refractivity contribution in [2.45, 2.75) is 0 Å². The van der Waals surface area contributed by atoms with Crippen molar-refractivity contribution >= 4 is 39.8 Å². The Hall–Kier alpha value is -2.44. The van der Waals surface area contributed by atoms with Gasteiger partial charge in [0.15, 0.2) is 0 Å². The van der Waals surface area contributed by atoms with Crippen molar-refractivity contribution in [1.29, 1.82) is 0 Å². The lowest BCUT2D eigenvalue weighted by molar-refractivity contribution is 0.108. The number of nitrogens with one attached hydrogen (secondary N) is 1. The van der Waals surface area contributed by atoms with Gasteiger partial charge in [0.2, 0.25) is 0 Å². The van der Waals surface area contributed by atoms with E-state index in [0.717, 1.165) is 10.6 Å². The van der Waals surface area contributed by atoms with Crippen LogP contribution in [0.15, 0.2) is 48.7 Å².